The van der Waals surface area contributed by atoms with E-state index in [2.05, 4.69) is 37.2 Å². The first-order valence-electron chi connectivity index (χ1n) is 8.54. The van der Waals surface area contributed by atoms with Crippen LogP contribution in [0.4, 0.5) is 5.69 Å². The number of carbonyl (C=O) groups excluding carboxylic acids is 3. The molecule has 144 valence electrons. The number of alkyl halides is 1. The predicted molar refractivity (Wildman–Crippen MR) is 105 cm³/mol. The minimum atomic E-state index is -0.553. The molecule has 1 saturated heterocycles. The number of amides is 1. The molecule has 0 aromatic heterocycles. The highest BCUT2D eigenvalue weighted by molar-refractivity contribution is 9.10. The summed E-state index contributed by atoms with van der Waals surface area (Å²) < 4.78 is 11.3. The monoisotopic (exact) mass is 519 g/mol. The van der Waals surface area contributed by atoms with E-state index in [1.165, 1.54) is 0 Å². The van der Waals surface area contributed by atoms with Gasteiger partial charge in [-0.3, -0.25) is 14.4 Å². The minimum absolute atomic E-state index is 0.000430. The molecule has 1 N–H and O–H groups in total. The van der Waals surface area contributed by atoms with Crippen LogP contribution in [-0.4, -0.2) is 35.4 Å². The highest BCUT2D eigenvalue weighted by atomic mass is 79.9. The maximum absolute atomic E-state index is 12.6. The van der Waals surface area contributed by atoms with Gasteiger partial charge >= 0.3 is 11.9 Å². The molecule has 9 heteroatoms. The highest BCUT2D eigenvalue weighted by Crippen LogP contribution is 2.60. The molecule has 3 fully saturated rings. The van der Waals surface area contributed by atoms with Crippen LogP contribution >= 0.6 is 43.5 Å². The Bertz CT molecular complexity index is 847. The van der Waals surface area contributed by atoms with Crippen molar-refractivity contribution in [2.24, 2.45) is 23.7 Å². The summed E-state index contributed by atoms with van der Waals surface area (Å²) in [6.45, 7) is 1.41. The first kappa shape index (κ1) is 19.2. The molecule has 6 nitrogen and oxygen atoms in total. The number of aryl methyl sites for hydroxylation is 1. The number of halogens is 3. The van der Waals surface area contributed by atoms with Crippen LogP contribution in [0.1, 0.15) is 12.0 Å². The maximum atomic E-state index is 12.6. The van der Waals surface area contributed by atoms with Crippen LogP contribution in [0.2, 0.25) is 5.02 Å². The smallest absolute Gasteiger partial charge is 0.310 e. The molecule has 3 aliphatic rings. The number of ether oxygens (including phenoxy) is 2. The van der Waals surface area contributed by atoms with Gasteiger partial charge in [-0.15, -0.1) is 0 Å². The number of rotatable bonds is 4. The van der Waals surface area contributed by atoms with Crippen molar-refractivity contribution in [1.82, 2.24) is 0 Å². The van der Waals surface area contributed by atoms with Gasteiger partial charge in [-0.25, -0.2) is 0 Å². The van der Waals surface area contributed by atoms with Crippen molar-refractivity contribution >= 4 is 67.0 Å². The number of hydrogen-bond donors (Lipinski definition) is 1. The largest absolute Gasteiger partial charge is 0.461 e. The third-order valence-electron chi connectivity index (χ3n) is 5.68. The lowest BCUT2D eigenvalue weighted by atomic mass is 9.80. The molecule has 1 heterocycles. The van der Waals surface area contributed by atoms with Crippen LogP contribution in [0.15, 0.2) is 16.6 Å². The molecule has 6 atom stereocenters. The highest BCUT2D eigenvalue weighted by Gasteiger charge is 2.68. The number of benzene rings is 1. The molecular formula is C18H16Br2ClNO5. The minimum Gasteiger partial charge on any atom is -0.461 e. The summed E-state index contributed by atoms with van der Waals surface area (Å²) in [4.78, 5) is 36.8. The molecule has 1 amide bonds. The molecule has 0 spiro atoms. The summed E-state index contributed by atoms with van der Waals surface area (Å²) in [7, 11) is 0. The van der Waals surface area contributed by atoms with Crippen LogP contribution in [0, 0.1) is 30.6 Å². The van der Waals surface area contributed by atoms with Gasteiger partial charge in [0.1, 0.15) is 6.10 Å². The Morgan fingerprint density at radius 2 is 2.11 bits per heavy atom. The second-order valence-electron chi connectivity index (χ2n) is 7.20. The molecule has 4 rings (SSSR count). The lowest BCUT2D eigenvalue weighted by Crippen LogP contribution is -2.39. The Labute approximate surface area is 177 Å². The fourth-order valence-corrected chi connectivity index (χ4v) is 6.16. The number of anilines is 1. The van der Waals surface area contributed by atoms with Crippen LogP contribution < -0.4 is 5.32 Å². The number of nitrogens with one attached hydrogen (secondary N) is 1. The van der Waals surface area contributed by atoms with Crippen LogP contribution in [0.25, 0.3) is 0 Å². The van der Waals surface area contributed by atoms with Crippen LogP contribution in [0.3, 0.4) is 0 Å². The Morgan fingerprint density at radius 3 is 2.85 bits per heavy atom. The Hall–Kier alpha value is -1.12. The molecular weight excluding hydrogens is 505 g/mol. The fourth-order valence-electron chi connectivity index (χ4n) is 4.49. The Morgan fingerprint density at radius 1 is 1.37 bits per heavy atom. The lowest BCUT2D eigenvalue weighted by molar-refractivity contribution is -0.157. The van der Waals surface area contributed by atoms with Crippen molar-refractivity contribution in [3.63, 3.8) is 0 Å². The van der Waals surface area contributed by atoms with Gasteiger partial charge in [0.2, 0.25) is 0 Å². The second-order valence-corrected chi connectivity index (χ2v) is 9.52. The van der Waals surface area contributed by atoms with Crippen molar-refractivity contribution in [2.75, 3.05) is 11.9 Å². The van der Waals surface area contributed by atoms with Gasteiger partial charge in [-0.2, -0.15) is 0 Å². The molecule has 27 heavy (non-hydrogen) atoms. The average Bonchev–Trinajstić information content (AvgIpc) is 3.22. The SMILES string of the molecule is Cc1cc(Br)c(Cl)cc1NC(=O)COC(=O)[C@@H]1[C@H]2C[C@H]3[C@H](OC(=O)[C@H]31)[C@@H]2Br. The Balaban J connectivity index is 1.38. The van der Waals surface area contributed by atoms with Crippen molar-refractivity contribution in [3.8, 4) is 0 Å². The topological polar surface area (TPSA) is 81.7 Å². The van der Waals surface area contributed by atoms with E-state index in [0.29, 0.717) is 10.7 Å². The van der Waals surface area contributed by atoms with Crippen molar-refractivity contribution in [3.05, 3.63) is 27.2 Å². The quantitative estimate of drug-likeness (QED) is 0.485. The van der Waals surface area contributed by atoms with Crippen molar-refractivity contribution in [1.29, 1.82) is 0 Å². The van der Waals surface area contributed by atoms with Gasteiger partial charge in [-0.1, -0.05) is 27.5 Å². The zero-order chi connectivity index (χ0) is 19.5. The fraction of sp³-hybridized carbons (Fsp3) is 0.500. The maximum Gasteiger partial charge on any atom is 0.310 e. The van der Waals surface area contributed by atoms with Gasteiger partial charge in [0.15, 0.2) is 6.61 Å². The summed E-state index contributed by atoms with van der Waals surface area (Å²) in [5, 5.41) is 3.15. The molecule has 1 aliphatic heterocycles. The third kappa shape index (κ3) is 3.19. The molecule has 2 aliphatic carbocycles. The van der Waals surface area contributed by atoms with E-state index in [1.807, 2.05) is 6.92 Å². The molecule has 0 unspecified atom stereocenters. The van der Waals surface area contributed by atoms with E-state index in [-0.39, 0.29) is 28.7 Å². The second kappa shape index (κ2) is 7.04. The van der Waals surface area contributed by atoms with E-state index in [9.17, 15) is 14.4 Å². The van der Waals surface area contributed by atoms with Crippen LogP contribution in [-0.2, 0) is 23.9 Å². The normalized spacial score (nSPS) is 33.1. The number of carbonyl (C=O) groups is 3. The van der Waals surface area contributed by atoms with Crippen molar-refractivity contribution < 1.29 is 23.9 Å². The van der Waals surface area contributed by atoms with Gasteiger partial charge in [0.05, 0.1) is 21.7 Å². The number of hydrogen-bond acceptors (Lipinski definition) is 5. The predicted octanol–water partition coefficient (Wildman–Crippen LogP) is 3.46. The van der Waals surface area contributed by atoms with Gasteiger partial charge in [0, 0.05) is 16.1 Å². The van der Waals surface area contributed by atoms with E-state index in [1.54, 1.807) is 12.1 Å². The molecule has 1 aromatic carbocycles. The van der Waals surface area contributed by atoms with E-state index in [4.69, 9.17) is 21.1 Å². The summed E-state index contributed by atoms with van der Waals surface area (Å²) in [6.07, 6.45) is 0.615. The summed E-state index contributed by atoms with van der Waals surface area (Å²) in [6, 6.07) is 3.41. The third-order valence-corrected chi connectivity index (χ3v) is 8.08. The van der Waals surface area contributed by atoms with Gasteiger partial charge in [0.25, 0.3) is 5.91 Å². The first-order chi connectivity index (χ1) is 12.8. The Kier molecular flexibility index (Phi) is 5.01. The van der Waals surface area contributed by atoms with E-state index >= 15 is 0 Å². The van der Waals surface area contributed by atoms with E-state index in [0.717, 1.165) is 16.5 Å². The molecule has 0 radical (unpaired) electrons. The summed E-state index contributed by atoms with van der Waals surface area (Å²) >= 11 is 12.9. The van der Waals surface area contributed by atoms with Gasteiger partial charge < -0.3 is 14.8 Å². The zero-order valence-corrected chi connectivity index (χ0v) is 18.1. The first-order valence-corrected chi connectivity index (χ1v) is 10.6. The lowest BCUT2D eigenvalue weighted by Gasteiger charge is -2.26. The standard InChI is InChI=1S/C18H16Br2ClNO5/c1-6-2-9(19)10(21)4-11(6)22-12(23)5-26-17(24)13-7-3-8-14(13)18(25)27-16(8)15(7)20/h2,4,7-8,13-16H,3,5H2,1H3,(H,22,23)/t7-,8-,13-,14-,15-,16+/m1/s1. The number of fused-ring (bicyclic) bond motifs is 1. The van der Waals surface area contributed by atoms with Crippen molar-refractivity contribution in [2.45, 2.75) is 24.3 Å². The van der Waals surface area contributed by atoms with Gasteiger partial charge in [-0.05, 0) is 52.9 Å². The zero-order valence-electron chi connectivity index (χ0n) is 14.2. The summed E-state index contributed by atoms with van der Waals surface area (Å²) in [5.41, 5.74) is 1.37. The molecule has 2 saturated carbocycles. The van der Waals surface area contributed by atoms with E-state index < -0.39 is 30.3 Å². The van der Waals surface area contributed by atoms with Crippen LogP contribution in [0.5, 0.6) is 0 Å². The number of esters is 2. The average molecular weight is 522 g/mol. The molecule has 2 bridgehead atoms. The molecule has 1 aromatic rings. The summed E-state index contributed by atoms with van der Waals surface area (Å²) in [5.74, 6) is -2.25.